The lowest BCUT2D eigenvalue weighted by Crippen LogP contribution is -2.30. The van der Waals surface area contributed by atoms with E-state index in [-0.39, 0.29) is 11.4 Å². The maximum atomic E-state index is 14.1. The zero-order valence-corrected chi connectivity index (χ0v) is 17.4. The fraction of sp³-hybridized carbons (Fsp3) is 0.130. The van der Waals surface area contributed by atoms with Crippen molar-refractivity contribution < 1.29 is 18.3 Å². The molecule has 162 valence electrons. The second-order valence-corrected chi connectivity index (χ2v) is 6.91. The summed E-state index contributed by atoms with van der Waals surface area (Å²) in [6.07, 6.45) is 3.04. The molecule has 4 rings (SSSR count). The number of ether oxygens (including phenoxy) is 1. The molecule has 2 aromatic heterocycles. The minimum atomic E-state index is -0.510. The molecule has 32 heavy (non-hydrogen) atoms. The summed E-state index contributed by atoms with van der Waals surface area (Å²) in [7, 11) is 1.39. The second-order valence-electron chi connectivity index (χ2n) is 6.91. The van der Waals surface area contributed by atoms with Crippen LogP contribution in [0.5, 0.6) is 5.75 Å². The molecule has 1 atom stereocenters. The van der Waals surface area contributed by atoms with Gasteiger partial charge in [-0.1, -0.05) is 36.4 Å². The number of nitrogens with zero attached hydrogens (tertiary/aromatic N) is 4. The van der Waals surface area contributed by atoms with E-state index >= 15 is 0 Å². The maximum absolute atomic E-state index is 14.1. The Kier molecular flexibility index (Phi) is 6.07. The molecule has 1 amide bonds. The predicted octanol–water partition coefficient (Wildman–Crippen LogP) is 3.96. The lowest BCUT2D eigenvalue weighted by atomic mass is 10.1. The van der Waals surface area contributed by atoms with Crippen LogP contribution in [0.15, 0.2) is 71.3 Å². The molecule has 0 aliphatic rings. The number of methoxy groups -OCH3 is 1. The quantitative estimate of drug-likeness (QED) is 0.444. The largest absolute Gasteiger partial charge is 0.494 e. The Bertz CT molecular complexity index is 1240. The van der Waals surface area contributed by atoms with Gasteiger partial charge in [-0.3, -0.25) is 4.79 Å². The van der Waals surface area contributed by atoms with Gasteiger partial charge in [0, 0.05) is 11.6 Å². The van der Waals surface area contributed by atoms with Gasteiger partial charge in [0.05, 0.1) is 19.4 Å². The molecule has 0 fully saturated rings. The number of benzene rings is 2. The molecule has 0 saturated heterocycles. The molecule has 0 radical (unpaired) electrons. The van der Waals surface area contributed by atoms with Crippen molar-refractivity contribution in [3.63, 3.8) is 0 Å². The van der Waals surface area contributed by atoms with Gasteiger partial charge < -0.3 is 14.5 Å². The zero-order valence-electron chi connectivity index (χ0n) is 17.4. The van der Waals surface area contributed by atoms with Gasteiger partial charge in [0.15, 0.2) is 17.4 Å². The summed E-state index contributed by atoms with van der Waals surface area (Å²) in [5.74, 6) is 0.000258. The SMILES string of the molecule is COc1ccc(C(C)NC(=O)/C(=C/c2ccco2)n2nnnc2-c2ccccc2)cc1F. The first-order chi connectivity index (χ1) is 15.6. The number of rotatable bonds is 7. The summed E-state index contributed by atoms with van der Waals surface area (Å²) in [4.78, 5) is 13.3. The van der Waals surface area contributed by atoms with Gasteiger partial charge in [-0.2, -0.15) is 4.68 Å². The van der Waals surface area contributed by atoms with Crippen molar-refractivity contribution >= 4 is 17.7 Å². The number of tetrazole rings is 1. The van der Waals surface area contributed by atoms with Crippen LogP contribution in [0.2, 0.25) is 0 Å². The van der Waals surface area contributed by atoms with E-state index < -0.39 is 17.8 Å². The fourth-order valence-electron chi connectivity index (χ4n) is 3.15. The normalized spacial score (nSPS) is 12.4. The van der Waals surface area contributed by atoms with Crippen LogP contribution in [0.4, 0.5) is 4.39 Å². The lowest BCUT2D eigenvalue weighted by molar-refractivity contribution is -0.116. The van der Waals surface area contributed by atoms with Crippen molar-refractivity contribution in [2.45, 2.75) is 13.0 Å². The molecular formula is C23H20FN5O3. The molecule has 2 heterocycles. The summed E-state index contributed by atoms with van der Waals surface area (Å²) in [6.45, 7) is 1.75. The number of hydrogen-bond acceptors (Lipinski definition) is 6. The topological polar surface area (TPSA) is 95.1 Å². The summed E-state index contributed by atoms with van der Waals surface area (Å²) >= 11 is 0. The number of carbonyl (C=O) groups excluding carboxylic acids is 1. The molecule has 0 spiro atoms. The number of halogens is 1. The minimum Gasteiger partial charge on any atom is -0.494 e. The van der Waals surface area contributed by atoms with E-state index in [1.807, 2.05) is 30.3 Å². The number of nitrogens with one attached hydrogen (secondary N) is 1. The highest BCUT2D eigenvalue weighted by atomic mass is 19.1. The van der Waals surface area contributed by atoms with E-state index in [1.165, 1.54) is 30.2 Å². The van der Waals surface area contributed by atoms with Crippen LogP contribution in [0.25, 0.3) is 23.2 Å². The Morgan fingerprint density at radius 2 is 2.00 bits per heavy atom. The van der Waals surface area contributed by atoms with Crippen molar-refractivity contribution in [1.29, 1.82) is 0 Å². The predicted molar refractivity (Wildman–Crippen MR) is 116 cm³/mol. The highest BCUT2D eigenvalue weighted by Crippen LogP contribution is 2.24. The first-order valence-corrected chi connectivity index (χ1v) is 9.80. The highest BCUT2D eigenvalue weighted by molar-refractivity contribution is 6.18. The van der Waals surface area contributed by atoms with Crippen molar-refractivity contribution in [3.05, 3.63) is 84.1 Å². The highest BCUT2D eigenvalue weighted by Gasteiger charge is 2.22. The smallest absolute Gasteiger partial charge is 0.270 e. The van der Waals surface area contributed by atoms with Crippen LogP contribution in [-0.4, -0.2) is 33.2 Å². The first kappa shape index (κ1) is 21.0. The van der Waals surface area contributed by atoms with Gasteiger partial charge in [0.25, 0.3) is 5.91 Å². The third-order valence-corrected chi connectivity index (χ3v) is 4.81. The van der Waals surface area contributed by atoms with Gasteiger partial charge in [-0.05, 0) is 47.2 Å². The third kappa shape index (κ3) is 4.41. The van der Waals surface area contributed by atoms with Gasteiger partial charge in [0.2, 0.25) is 0 Å². The average Bonchev–Trinajstić information content (AvgIpc) is 3.50. The Labute approximate surface area is 183 Å². The van der Waals surface area contributed by atoms with Crippen LogP contribution in [0.1, 0.15) is 24.3 Å². The number of carbonyl (C=O) groups is 1. The molecule has 8 nitrogen and oxygen atoms in total. The summed E-state index contributed by atoms with van der Waals surface area (Å²) in [5, 5.41) is 14.7. The van der Waals surface area contributed by atoms with Gasteiger partial charge in [-0.25, -0.2) is 4.39 Å². The molecule has 0 saturated carbocycles. The van der Waals surface area contributed by atoms with E-state index in [0.717, 1.165) is 5.56 Å². The summed E-state index contributed by atoms with van der Waals surface area (Å²) in [5.41, 5.74) is 1.46. The maximum Gasteiger partial charge on any atom is 0.270 e. The molecule has 1 N–H and O–H groups in total. The monoisotopic (exact) mass is 433 g/mol. The number of furan rings is 1. The van der Waals surface area contributed by atoms with Gasteiger partial charge in [-0.15, -0.1) is 5.10 Å². The standard InChI is InChI=1S/C23H20FN5O3/c1-15(17-10-11-21(31-2)19(24)13-17)25-23(30)20(14-18-9-6-12-32-18)29-22(26-27-28-29)16-7-4-3-5-8-16/h3-15H,1-2H3,(H,25,30)/b20-14-. The Morgan fingerprint density at radius 1 is 1.19 bits per heavy atom. The van der Waals surface area contributed by atoms with E-state index in [2.05, 4.69) is 20.8 Å². The van der Waals surface area contributed by atoms with E-state index in [9.17, 15) is 9.18 Å². The first-order valence-electron chi connectivity index (χ1n) is 9.80. The Hall–Kier alpha value is -4.27. The van der Waals surface area contributed by atoms with Crippen molar-refractivity contribution in [3.8, 4) is 17.1 Å². The van der Waals surface area contributed by atoms with Crippen LogP contribution >= 0.6 is 0 Å². The van der Waals surface area contributed by atoms with Crippen LogP contribution in [-0.2, 0) is 4.79 Å². The lowest BCUT2D eigenvalue weighted by Gasteiger charge is -2.17. The summed E-state index contributed by atoms with van der Waals surface area (Å²) < 4.78 is 25.8. The summed E-state index contributed by atoms with van der Waals surface area (Å²) in [6, 6.07) is 16.7. The zero-order chi connectivity index (χ0) is 22.5. The molecule has 9 heteroatoms. The second kappa shape index (κ2) is 9.25. The van der Waals surface area contributed by atoms with Gasteiger partial charge >= 0.3 is 0 Å². The van der Waals surface area contributed by atoms with Crippen molar-refractivity contribution in [2.75, 3.05) is 7.11 Å². The fourth-order valence-corrected chi connectivity index (χ4v) is 3.15. The van der Waals surface area contributed by atoms with Crippen molar-refractivity contribution in [1.82, 2.24) is 25.5 Å². The average molecular weight is 433 g/mol. The van der Waals surface area contributed by atoms with E-state index in [1.54, 1.807) is 31.2 Å². The van der Waals surface area contributed by atoms with Gasteiger partial charge in [0.1, 0.15) is 11.5 Å². The van der Waals surface area contributed by atoms with E-state index in [0.29, 0.717) is 17.1 Å². The minimum absolute atomic E-state index is 0.131. The molecule has 1 unspecified atom stereocenters. The molecule has 0 bridgehead atoms. The van der Waals surface area contributed by atoms with Crippen molar-refractivity contribution in [2.24, 2.45) is 0 Å². The molecule has 4 aromatic rings. The Balaban J connectivity index is 1.67. The molecule has 0 aliphatic carbocycles. The van der Waals surface area contributed by atoms with Crippen LogP contribution in [0.3, 0.4) is 0 Å². The number of hydrogen-bond donors (Lipinski definition) is 1. The number of aromatic nitrogens is 4. The molecule has 2 aromatic carbocycles. The number of amides is 1. The van der Waals surface area contributed by atoms with Crippen LogP contribution < -0.4 is 10.1 Å². The molecular weight excluding hydrogens is 413 g/mol. The Morgan fingerprint density at radius 3 is 2.69 bits per heavy atom. The third-order valence-electron chi connectivity index (χ3n) is 4.81. The molecule has 0 aliphatic heterocycles. The van der Waals surface area contributed by atoms with E-state index in [4.69, 9.17) is 9.15 Å². The van der Waals surface area contributed by atoms with Crippen LogP contribution in [0, 0.1) is 5.82 Å².